The highest BCUT2D eigenvalue weighted by Gasteiger charge is 2.26. The van der Waals surface area contributed by atoms with Crippen LogP contribution in [0.5, 0.6) is 0 Å². The number of likely N-dealkylation sites (tertiary alicyclic amines) is 1. The Kier molecular flexibility index (Phi) is 4.66. The quantitative estimate of drug-likeness (QED) is 0.716. The molecule has 0 N–H and O–H groups in total. The summed E-state index contributed by atoms with van der Waals surface area (Å²) < 4.78 is 1.66. The van der Waals surface area contributed by atoms with Crippen LogP contribution >= 0.6 is 0 Å². The number of amides is 1. The molecule has 0 aromatic carbocycles. The van der Waals surface area contributed by atoms with Crippen molar-refractivity contribution in [2.45, 2.75) is 25.7 Å². The third kappa shape index (κ3) is 3.72. The Morgan fingerprint density at radius 1 is 1.07 bits per heavy atom. The number of carbonyl (C=O) groups excluding carboxylic acids is 1. The lowest BCUT2D eigenvalue weighted by Crippen LogP contribution is -2.38. The van der Waals surface area contributed by atoms with Crippen molar-refractivity contribution >= 4 is 5.91 Å². The van der Waals surface area contributed by atoms with Gasteiger partial charge in [-0.15, -0.1) is 0 Å². The van der Waals surface area contributed by atoms with Gasteiger partial charge in [-0.3, -0.25) is 14.5 Å². The molecule has 1 aliphatic rings. The third-order valence-electron chi connectivity index (χ3n) is 5.02. The predicted octanol–water partition coefficient (Wildman–Crippen LogP) is 2.60. The van der Waals surface area contributed by atoms with E-state index < -0.39 is 0 Å². The molecule has 4 rings (SSSR count). The minimum Gasteiger partial charge on any atom is -0.339 e. The third-order valence-corrected chi connectivity index (χ3v) is 5.02. The van der Waals surface area contributed by atoms with Crippen LogP contribution in [-0.2, 0) is 7.05 Å². The summed E-state index contributed by atoms with van der Waals surface area (Å²) in [5, 5.41) is 4.09. The van der Waals surface area contributed by atoms with Crippen molar-refractivity contribution in [1.82, 2.24) is 29.6 Å². The van der Waals surface area contributed by atoms with Gasteiger partial charge in [0.2, 0.25) is 0 Å². The summed E-state index contributed by atoms with van der Waals surface area (Å²) in [4.78, 5) is 27.5. The smallest absolute Gasteiger partial charge is 0.257 e. The lowest BCUT2D eigenvalue weighted by Gasteiger charge is -2.31. The molecule has 3 aromatic rings. The zero-order valence-electron chi connectivity index (χ0n) is 15.5. The normalized spacial score (nSPS) is 15.1. The maximum absolute atomic E-state index is 12.6. The molecule has 1 fully saturated rings. The van der Waals surface area contributed by atoms with Gasteiger partial charge in [0.15, 0.2) is 0 Å². The van der Waals surface area contributed by atoms with Gasteiger partial charge in [-0.1, -0.05) is 0 Å². The zero-order chi connectivity index (χ0) is 18.8. The van der Waals surface area contributed by atoms with E-state index in [1.54, 1.807) is 17.1 Å². The number of nitrogens with zero attached hydrogens (tertiary/aromatic N) is 6. The van der Waals surface area contributed by atoms with E-state index in [9.17, 15) is 4.79 Å². The Bertz CT molecular complexity index is 944. The standard InChI is InChI=1S/C20H22N6O/c1-14-7-16(17-9-21-13-22-10-17)8-19(24-14)15-3-5-26(6-4-15)20(27)18-11-23-25(2)12-18/h7-13,15H,3-6H2,1-2H3. The van der Waals surface area contributed by atoms with Crippen LogP contribution in [0.1, 0.15) is 40.5 Å². The van der Waals surface area contributed by atoms with Gasteiger partial charge < -0.3 is 4.90 Å². The first kappa shape index (κ1) is 17.3. The summed E-state index contributed by atoms with van der Waals surface area (Å²) in [6.45, 7) is 3.48. The van der Waals surface area contributed by atoms with Crippen molar-refractivity contribution in [2.24, 2.45) is 7.05 Å². The molecule has 0 atom stereocenters. The highest BCUT2D eigenvalue weighted by atomic mass is 16.2. The highest BCUT2D eigenvalue weighted by molar-refractivity contribution is 5.93. The van der Waals surface area contributed by atoms with E-state index in [-0.39, 0.29) is 5.91 Å². The lowest BCUT2D eigenvalue weighted by molar-refractivity contribution is 0.0712. The number of hydrogen-bond donors (Lipinski definition) is 0. The first-order valence-corrected chi connectivity index (χ1v) is 9.12. The Hall–Kier alpha value is -3.09. The maximum Gasteiger partial charge on any atom is 0.257 e. The van der Waals surface area contributed by atoms with E-state index in [1.165, 1.54) is 6.33 Å². The van der Waals surface area contributed by atoms with Crippen LogP contribution in [0, 0.1) is 6.92 Å². The van der Waals surface area contributed by atoms with E-state index in [0.717, 1.165) is 48.4 Å². The monoisotopic (exact) mass is 362 g/mol. The molecule has 0 radical (unpaired) electrons. The van der Waals surface area contributed by atoms with Gasteiger partial charge in [0.1, 0.15) is 6.33 Å². The highest BCUT2D eigenvalue weighted by Crippen LogP contribution is 2.30. The van der Waals surface area contributed by atoms with Gasteiger partial charge in [-0.05, 0) is 37.5 Å². The van der Waals surface area contributed by atoms with Crippen molar-refractivity contribution in [3.8, 4) is 11.1 Å². The van der Waals surface area contributed by atoms with Crippen molar-refractivity contribution < 1.29 is 4.79 Å². The average molecular weight is 362 g/mol. The van der Waals surface area contributed by atoms with Crippen molar-refractivity contribution in [2.75, 3.05) is 13.1 Å². The van der Waals surface area contributed by atoms with Gasteiger partial charge in [0, 0.05) is 61.6 Å². The topological polar surface area (TPSA) is 76.8 Å². The second-order valence-corrected chi connectivity index (χ2v) is 7.02. The number of aromatic nitrogens is 5. The molecule has 7 nitrogen and oxygen atoms in total. The molecule has 3 aromatic heterocycles. The minimum atomic E-state index is 0.0564. The van der Waals surface area contributed by atoms with E-state index in [1.807, 2.05) is 31.3 Å². The molecule has 138 valence electrons. The Morgan fingerprint density at radius 2 is 1.81 bits per heavy atom. The summed E-state index contributed by atoms with van der Waals surface area (Å²) in [5.41, 5.74) is 4.80. The van der Waals surface area contributed by atoms with Crippen LogP contribution in [-0.4, -0.2) is 48.6 Å². The zero-order valence-corrected chi connectivity index (χ0v) is 15.5. The molecular formula is C20H22N6O. The molecule has 7 heteroatoms. The SMILES string of the molecule is Cc1cc(-c2cncnc2)cc(C2CCN(C(=O)c3cnn(C)c3)CC2)n1. The largest absolute Gasteiger partial charge is 0.339 e. The fourth-order valence-electron chi connectivity index (χ4n) is 3.61. The maximum atomic E-state index is 12.6. The molecule has 0 unspecified atom stereocenters. The number of carbonyl (C=O) groups is 1. The molecule has 0 bridgehead atoms. The van der Waals surface area contributed by atoms with Crippen LogP contribution in [0.15, 0.2) is 43.2 Å². The fourth-order valence-corrected chi connectivity index (χ4v) is 3.61. The van der Waals surface area contributed by atoms with Crippen LogP contribution < -0.4 is 0 Å². The van der Waals surface area contributed by atoms with E-state index in [2.05, 4.69) is 27.2 Å². The lowest BCUT2D eigenvalue weighted by atomic mass is 9.91. The van der Waals surface area contributed by atoms with Crippen molar-refractivity contribution in [1.29, 1.82) is 0 Å². The van der Waals surface area contributed by atoms with Gasteiger partial charge in [0.25, 0.3) is 5.91 Å². The summed E-state index contributed by atoms with van der Waals surface area (Å²) in [6, 6.07) is 4.19. The fraction of sp³-hybridized carbons (Fsp3) is 0.350. The van der Waals surface area contributed by atoms with Crippen molar-refractivity contribution in [3.05, 3.63) is 60.2 Å². The number of aryl methyl sites for hydroxylation is 2. The van der Waals surface area contributed by atoms with Crippen LogP contribution in [0.4, 0.5) is 0 Å². The summed E-state index contributed by atoms with van der Waals surface area (Å²) in [6.07, 6.45) is 10.4. The van der Waals surface area contributed by atoms with Crippen LogP contribution in [0.3, 0.4) is 0 Å². The molecule has 1 amide bonds. The van der Waals surface area contributed by atoms with Crippen molar-refractivity contribution in [3.63, 3.8) is 0 Å². The minimum absolute atomic E-state index is 0.0564. The molecule has 1 aliphatic heterocycles. The Morgan fingerprint density at radius 3 is 2.48 bits per heavy atom. The summed E-state index contributed by atoms with van der Waals surface area (Å²) in [7, 11) is 1.82. The molecule has 0 spiro atoms. The van der Waals surface area contributed by atoms with Gasteiger partial charge >= 0.3 is 0 Å². The molecule has 0 saturated carbocycles. The second-order valence-electron chi connectivity index (χ2n) is 7.02. The van der Waals surface area contributed by atoms with Gasteiger partial charge in [0.05, 0.1) is 11.8 Å². The molecular weight excluding hydrogens is 340 g/mol. The molecule has 0 aliphatic carbocycles. The first-order chi connectivity index (χ1) is 13.1. The number of piperidine rings is 1. The molecule has 1 saturated heterocycles. The van der Waals surface area contributed by atoms with E-state index >= 15 is 0 Å². The molecule has 4 heterocycles. The van der Waals surface area contributed by atoms with Gasteiger partial charge in [-0.2, -0.15) is 5.10 Å². The van der Waals surface area contributed by atoms with Crippen LogP contribution in [0.25, 0.3) is 11.1 Å². The summed E-state index contributed by atoms with van der Waals surface area (Å²) >= 11 is 0. The number of rotatable bonds is 3. The Labute approximate surface area is 158 Å². The first-order valence-electron chi connectivity index (χ1n) is 9.12. The van der Waals surface area contributed by atoms with E-state index in [0.29, 0.717) is 11.5 Å². The predicted molar refractivity (Wildman–Crippen MR) is 101 cm³/mol. The second kappa shape index (κ2) is 7.26. The van der Waals surface area contributed by atoms with E-state index in [4.69, 9.17) is 4.98 Å². The number of hydrogen-bond acceptors (Lipinski definition) is 5. The summed E-state index contributed by atoms with van der Waals surface area (Å²) in [5.74, 6) is 0.409. The Balaban J connectivity index is 1.48. The van der Waals surface area contributed by atoms with Crippen LogP contribution in [0.2, 0.25) is 0 Å². The number of pyridine rings is 1. The van der Waals surface area contributed by atoms with Gasteiger partial charge in [-0.25, -0.2) is 9.97 Å². The molecule has 27 heavy (non-hydrogen) atoms. The average Bonchev–Trinajstić information content (AvgIpc) is 3.14.